The van der Waals surface area contributed by atoms with Gasteiger partial charge < -0.3 is 19.7 Å². The predicted octanol–water partition coefficient (Wildman–Crippen LogP) is 0.388. The highest BCUT2D eigenvalue weighted by Crippen LogP contribution is 2.45. The number of carbonyl (C=O) groups excluding carboxylic acids is 2. The third-order valence-electron chi connectivity index (χ3n) is 6.62. The molecule has 3 rings (SSSR count). The largest absolute Gasteiger partial charge is 0.460 e. The van der Waals surface area contributed by atoms with Crippen molar-refractivity contribution in [2.24, 2.45) is 5.41 Å². The average molecular weight is 353 g/mol. The fraction of sp³-hybridized carbons (Fsp3) is 0.778. The Hall–Kier alpha value is -1.44. The topological polar surface area (TPSA) is 96.3 Å². The zero-order chi connectivity index (χ0) is 18.6. The van der Waals surface area contributed by atoms with E-state index in [4.69, 9.17) is 9.47 Å². The summed E-state index contributed by atoms with van der Waals surface area (Å²) >= 11 is 0. The molecule has 25 heavy (non-hydrogen) atoms. The highest BCUT2D eigenvalue weighted by Gasteiger charge is 2.63. The van der Waals surface area contributed by atoms with Crippen LogP contribution in [0.1, 0.15) is 40.5 Å². The third kappa shape index (κ3) is 2.44. The van der Waals surface area contributed by atoms with E-state index in [1.807, 2.05) is 6.08 Å². The van der Waals surface area contributed by atoms with Gasteiger partial charge in [0.15, 0.2) is 5.60 Å². The lowest BCUT2D eigenvalue weighted by Gasteiger charge is -2.47. The van der Waals surface area contributed by atoms with Gasteiger partial charge in [-0.1, -0.05) is 13.0 Å². The van der Waals surface area contributed by atoms with Crippen molar-refractivity contribution in [2.45, 2.75) is 63.9 Å². The van der Waals surface area contributed by atoms with Crippen LogP contribution >= 0.6 is 0 Å². The maximum atomic E-state index is 13.0. The summed E-state index contributed by atoms with van der Waals surface area (Å²) in [5, 5.41) is 21.9. The van der Waals surface area contributed by atoms with Crippen LogP contribution in [-0.4, -0.2) is 70.1 Å². The molecular formula is C18H27NO6. The molecule has 0 bridgehead atoms. The second-order valence-electron chi connectivity index (χ2n) is 7.86. The predicted molar refractivity (Wildman–Crippen MR) is 88.5 cm³/mol. The van der Waals surface area contributed by atoms with Gasteiger partial charge >= 0.3 is 11.9 Å². The summed E-state index contributed by atoms with van der Waals surface area (Å²) in [4.78, 5) is 27.7. The van der Waals surface area contributed by atoms with Crippen molar-refractivity contribution in [2.75, 3.05) is 19.7 Å². The number of rotatable bonds is 1. The molecule has 0 aliphatic carbocycles. The number of carbonyl (C=O) groups is 2. The van der Waals surface area contributed by atoms with E-state index in [9.17, 15) is 19.8 Å². The minimum absolute atomic E-state index is 0.0170. The van der Waals surface area contributed by atoms with Crippen molar-refractivity contribution >= 4 is 11.9 Å². The van der Waals surface area contributed by atoms with Crippen molar-refractivity contribution < 1.29 is 29.3 Å². The molecule has 5 atom stereocenters. The molecule has 2 fully saturated rings. The molecular weight excluding hydrogens is 326 g/mol. The summed E-state index contributed by atoms with van der Waals surface area (Å²) < 4.78 is 11.1. The summed E-state index contributed by atoms with van der Waals surface area (Å²) in [5.41, 5.74) is -4.90. The molecule has 0 spiro atoms. The van der Waals surface area contributed by atoms with E-state index < -0.39 is 28.6 Å². The molecule has 0 radical (unpaired) electrons. The molecule has 140 valence electrons. The molecule has 2 saturated heterocycles. The molecule has 3 aliphatic heterocycles. The molecule has 3 aliphatic rings. The Morgan fingerprint density at radius 3 is 2.56 bits per heavy atom. The number of esters is 2. The fourth-order valence-corrected chi connectivity index (χ4v) is 4.11. The molecule has 0 amide bonds. The van der Waals surface area contributed by atoms with Crippen LogP contribution in [0.15, 0.2) is 11.6 Å². The molecule has 7 nitrogen and oxygen atoms in total. The number of nitrogens with zero attached hydrogens (tertiary/aromatic N) is 1. The van der Waals surface area contributed by atoms with E-state index in [0.29, 0.717) is 6.42 Å². The molecule has 0 aromatic heterocycles. The van der Waals surface area contributed by atoms with Crippen molar-refractivity contribution in [3.05, 3.63) is 11.6 Å². The number of ether oxygens (including phenoxy) is 2. The molecule has 0 saturated carbocycles. The summed E-state index contributed by atoms with van der Waals surface area (Å²) in [6.07, 6.45) is 2.53. The van der Waals surface area contributed by atoms with Crippen LogP contribution in [-0.2, 0) is 19.1 Å². The second-order valence-corrected chi connectivity index (χ2v) is 7.86. The highest BCUT2D eigenvalue weighted by molar-refractivity contribution is 5.85. The van der Waals surface area contributed by atoms with E-state index >= 15 is 0 Å². The molecule has 2 N–H and O–H groups in total. The molecule has 0 aromatic carbocycles. The number of cyclic esters (lactones) is 1. The number of hydrogen-bond donors (Lipinski definition) is 2. The summed E-state index contributed by atoms with van der Waals surface area (Å²) in [6.45, 7) is 7.26. The van der Waals surface area contributed by atoms with E-state index in [1.165, 1.54) is 20.8 Å². The Labute approximate surface area is 147 Å². The van der Waals surface area contributed by atoms with E-state index in [-0.39, 0.29) is 25.2 Å². The normalized spacial score (nSPS) is 45.3. The van der Waals surface area contributed by atoms with Crippen LogP contribution in [0.5, 0.6) is 0 Å². The molecule has 7 heteroatoms. The lowest BCUT2D eigenvalue weighted by atomic mass is 9.64. The second kappa shape index (κ2) is 5.79. The number of aliphatic hydroxyl groups is 2. The summed E-state index contributed by atoms with van der Waals surface area (Å²) in [6, 6.07) is -0.106. The first-order valence-electron chi connectivity index (χ1n) is 8.82. The van der Waals surface area contributed by atoms with E-state index in [2.05, 4.69) is 4.90 Å². The van der Waals surface area contributed by atoms with Crippen molar-refractivity contribution in [3.63, 3.8) is 0 Å². The van der Waals surface area contributed by atoms with E-state index in [1.54, 1.807) is 6.92 Å². The monoisotopic (exact) mass is 353 g/mol. The first-order chi connectivity index (χ1) is 11.6. The molecule has 4 unspecified atom stereocenters. The molecule has 3 heterocycles. The van der Waals surface area contributed by atoms with Crippen molar-refractivity contribution in [1.82, 2.24) is 4.90 Å². The van der Waals surface area contributed by atoms with Gasteiger partial charge in [-0.3, -0.25) is 9.69 Å². The first kappa shape index (κ1) is 18.4. The zero-order valence-corrected chi connectivity index (χ0v) is 15.2. The fourth-order valence-electron chi connectivity index (χ4n) is 4.11. The van der Waals surface area contributed by atoms with Gasteiger partial charge in [0, 0.05) is 13.1 Å². The Bertz CT molecular complexity index is 625. The van der Waals surface area contributed by atoms with Crippen molar-refractivity contribution in [1.29, 1.82) is 0 Å². The lowest BCUT2D eigenvalue weighted by molar-refractivity contribution is -0.224. The zero-order valence-electron chi connectivity index (χ0n) is 15.2. The van der Waals surface area contributed by atoms with Gasteiger partial charge in [-0.05, 0) is 39.2 Å². The minimum Gasteiger partial charge on any atom is -0.460 e. The highest BCUT2D eigenvalue weighted by atomic mass is 16.6. The van der Waals surface area contributed by atoms with Crippen LogP contribution in [0.2, 0.25) is 0 Å². The van der Waals surface area contributed by atoms with Gasteiger partial charge in [0.05, 0.1) is 11.5 Å². The average Bonchev–Trinajstić information content (AvgIpc) is 3.13. The number of hydrogen-bond acceptors (Lipinski definition) is 7. The van der Waals surface area contributed by atoms with Gasteiger partial charge in [0.2, 0.25) is 0 Å². The molecule has 0 aromatic rings. The standard InChI is InChI=1S/C18H27NO6/c1-5-16(2)14(20)25-12-7-9-19-8-6-11(13(12)19)10-24-15(21)17(3,22)18(16,4)23/h6,12-13,22-23H,5,7-10H2,1-4H3/t12?,13-,16?,17?,18?/m1/s1. The smallest absolute Gasteiger partial charge is 0.341 e. The summed E-state index contributed by atoms with van der Waals surface area (Å²) in [5.74, 6) is -1.55. The first-order valence-corrected chi connectivity index (χ1v) is 8.82. The lowest BCUT2D eigenvalue weighted by Crippen LogP contribution is -2.66. The van der Waals surface area contributed by atoms with Gasteiger partial charge in [-0.25, -0.2) is 4.79 Å². The van der Waals surface area contributed by atoms with Crippen LogP contribution in [0.25, 0.3) is 0 Å². The van der Waals surface area contributed by atoms with Crippen LogP contribution in [0, 0.1) is 5.41 Å². The Morgan fingerprint density at radius 1 is 1.24 bits per heavy atom. The third-order valence-corrected chi connectivity index (χ3v) is 6.62. The Morgan fingerprint density at radius 2 is 1.92 bits per heavy atom. The van der Waals surface area contributed by atoms with Gasteiger partial charge in [-0.2, -0.15) is 0 Å². The van der Waals surface area contributed by atoms with Gasteiger partial charge in [0.1, 0.15) is 18.3 Å². The SMILES string of the molecule is CCC1(C)C(=O)OC2CCN3CC=C(COC(=O)C(C)(O)C1(C)O)[C@H]23. The van der Waals surface area contributed by atoms with Crippen molar-refractivity contribution in [3.8, 4) is 0 Å². The maximum absolute atomic E-state index is 13.0. The minimum atomic E-state index is -2.25. The Balaban J connectivity index is 2.05. The van der Waals surface area contributed by atoms with Crippen LogP contribution in [0.3, 0.4) is 0 Å². The van der Waals surface area contributed by atoms with E-state index in [0.717, 1.165) is 18.7 Å². The summed E-state index contributed by atoms with van der Waals surface area (Å²) in [7, 11) is 0. The van der Waals surface area contributed by atoms with Crippen LogP contribution in [0.4, 0.5) is 0 Å². The Kier molecular flexibility index (Phi) is 4.25. The van der Waals surface area contributed by atoms with Gasteiger partial charge in [0.25, 0.3) is 0 Å². The van der Waals surface area contributed by atoms with Gasteiger partial charge in [-0.15, -0.1) is 0 Å². The van der Waals surface area contributed by atoms with Crippen LogP contribution < -0.4 is 0 Å². The maximum Gasteiger partial charge on any atom is 0.341 e. The quantitative estimate of drug-likeness (QED) is 0.520.